The van der Waals surface area contributed by atoms with Crippen molar-refractivity contribution in [1.82, 2.24) is 14.7 Å². The Bertz CT molecular complexity index is 738. The molecule has 0 aromatic heterocycles. The standard InChI is InChI=1S/C21H32F3N3O4/c1-14(2)16(18(29)31-19(30)21(22,23)24)26(7)17(28)15-9-12-27(13-15)11-8-10-20(3,4)25(5)6/h14-16H,9,11-13H2,1-7H3/t15-,16-/m0/s1. The van der Waals surface area contributed by atoms with Crippen LogP contribution >= 0.6 is 0 Å². The van der Waals surface area contributed by atoms with E-state index >= 15 is 0 Å². The van der Waals surface area contributed by atoms with Crippen LogP contribution in [0.4, 0.5) is 13.2 Å². The van der Waals surface area contributed by atoms with Crippen molar-refractivity contribution < 1.29 is 32.3 Å². The maximum Gasteiger partial charge on any atom is 0.491 e. The van der Waals surface area contributed by atoms with Gasteiger partial charge < -0.3 is 9.64 Å². The van der Waals surface area contributed by atoms with Crippen LogP contribution in [0.25, 0.3) is 0 Å². The van der Waals surface area contributed by atoms with Crippen molar-refractivity contribution in [1.29, 1.82) is 0 Å². The van der Waals surface area contributed by atoms with Gasteiger partial charge in [-0.15, -0.1) is 0 Å². The molecule has 0 aromatic rings. The van der Waals surface area contributed by atoms with Gasteiger partial charge in [-0.1, -0.05) is 25.7 Å². The molecule has 0 aliphatic carbocycles. The molecule has 10 heteroatoms. The van der Waals surface area contributed by atoms with E-state index in [0.29, 0.717) is 26.1 Å². The highest BCUT2D eigenvalue weighted by molar-refractivity contribution is 5.93. The number of halogens is 3. The Hall–Kier alpha value is -2.12. The van der Waals surface area contributed by atoms with Gasteiger partial charge >= 0.3 is 18.1 Å². The molecule has 1 amide bonds. The van der Waals surface area contributed by atoms with Gasteiger partial charge in [0.15, 0.2) is 0 Å². The largest absolute Gasteiger partial charge is 0.491 e. The molecular formula is C21H32F3N3O4. The average Bonchev–Trinajstić information content (AvgIpc) is 3.08. The zero-order chi connectivity index (χ0) is 24.1. The van der Waals surface area contributed by atoms with Crippen LogP contribution < -0.4 is 0 Å². The summed E-state index contributed by atoms with van der Waals surface area (Å²) in [7, 11) is 5.22. The summed E-state index contributed by atoms with van der Waals surface area (Å²) >= 11 is 0. The minimum absolute atomic E-state index is 0.284. The molecule has 0 radical (unpaired) electrons. The van der Waals surface area contributed by atoms with Crippen LogP contribution in [0, 0.1) is 23.7 Å². The number of likely N-dealkylation sites (N-methyl/N-ethyl adjacent to an activating group) is 1. The fraction of sp³-hybridized carbons (Fsp3) is 0.762. The molecular weight excluding hydrogens is 415 g/mol. The second-order valence-corrected chi connectivity index (χ2v) is 8.82. The Labute approximate surface area is 181 Å². The summed E-state index contributed by atoms with van der Waals surface area (Å²) in [6.45, 7) is 8.69. The summed E-state index contributed by atoms with van der Waals surface area (Å²) in [5.41, 5.74) is -0.284. The molecule has 0 bridgehead atoms. The Morgan fingerprint density at radius 3 is 2.23 bits per heavy atom. The maximum atomic E-state index is 12.9. The molecule has 0 aromatic carbocycles. The van der Waals surface area contributed by atoms with Gasteiger partial charge in [0.2, 0.25) is 5.91 Å². The number of carbonyl (C=O) groups is 3. The van der Waals surface area contributed by atoms with Crippen LogP contribution in [0.2, 0.25) is 0 Å². The van der Waals surface area contributed by atoms with E-state index in [9.17, 15) is 27.6 Å². The highest BCUT2D eigenvalue weighted by Gasteiger charge is 2.45. The number of hydrogen-bond donors (Lipinski definition) is 0. The minimum atomic E-state index is -5.28. The van der Waals surface area contributed by atoms with Gasteiger partial charge in [-0.2, -0.15) is 13.2 Å². The Morgan fingerprint density at radius 2 is 1.74 bits per heavy atom. The van der Waals surface area contributed by atoms with E-state index in [-0.39, 0.29) is 11.4 Å². The number of rotatable bonds is 6. The Balaban J connectivity index is 2.77. The Kier molecular flexibility index (Phi) is 9.08. The van der Waals surface area contributed by atoms with Crippen molar-refractivity contribution in [3.63, 3.8) is 0 Å². The number of amides is 1. The summed E-state index contributed by atoms with van der Waals surface area (Å²) in [5, 5.41) is 0. The van der Waals surface area contributed by atoms with Crippen LogP contribution in [0.3, 0.4) is 0 Å². The van der Waals surface area contributed by atoms with Crippen LogP contribution in [0.15, 0.2) is 0 Å². The van der Waals surface area contributed by atoms with Crippen LogP contribution in [-0.4, -0.2) is 91.1 Å². The lowest BCUT2D eigenvalue weighted by atomic mass is 10.00. The monoisotopic (exact) mass is 447 g/mol. The number of esters is 2. The summed E-state index contributed by atoms with van der Waals surface area (Å²) in [4.78, 5) is 41.2. The SMILES string of the molecule is CC(C)[C@@H](C(=O)OC(=O)C(F)(F)F)N(C)C(=O)[C@H]1CCN(CC#CC(C)(C)N(C)C)C1. The smallest absolute Gasteiger partial charge is 0.385 e. The predicted octanol–water partition coefficient (Wildman–Crippen LogP) is 1.77. The summed E-state index contributed by atoms with van der Waals surface area (Å²) in [5.74, 6) is 0.998. The first-order valence-electron chi connectivity index (χ1n) is 10.1. The molecule has 2 atom stereocenters. The molecule has 7 nitrogen and oxygen atoms in total. The molecule has 0 N–H and O–H groups in total. The first kappa shape index (κ1) is 26.9. The number of nitrogens with zero attached hydrogens (tertiary/aromatic N) is 3. The van der Waals surface area contributed by atoms with E-state index in [0.717, 1.165) is 4.90 Å². The number of ether oxygens (including phenoxy) is 1. The normalized spacial score (nSPS) is 18.5. The second-order valence-electron chi connectivity index (χ2n) is 8.82. The van der Waals surface area contributed by atoms with Gasteiger partial charge in [-0.3, -0.25) is 14.6 Å². The third-order valence-electron chi connectivity index (χ3n) is 5.50. The van der Waals surface area contributed by atoms with Crippen LogP contribution in [0.5, 0.6) is 0 Å². The molecule has 1 fully saturated rings. The van der Waals surface area contributed by atoms with Crippen molar-refractivity contribution in [2.45, 2.75) is 51.9 Å². The number of carbonyl (C=O) groups excluding carboxylic acids is 3. The summed E-state index contributed by atoms with van der Waals surface area (Å²) in [6.07, 6.45) is -4.74. The Morgan fingerprint density at radius 1 is 1.16 bits per heavy atom. The number of hydrogen-bond acceptors (Lipinski definition) is 6. The molecule has 1 saturated heterocycles. The lowest BCUT2D eigenvalue weighted by molar-refractivity contribution is -0.204. The number of likely N-dealkylation sites (tertiary alicyclic amines) is 1. The van der Waals surface area contributed by atoms with Gasteiger partial charge in [0, 0.05) is 13.6 Å². The maximum absolute atomic E-state index is 12.9. The molecule has 176 valence electrons. The van der Waals surface area contributed by atoms with Gasteiger partial charge in [-0.05, 0) is 46.8 Å². The van der Waals surface area contributed by atoms with Crippen molar-refractivity contribution in [2.24, 2.45) is 11.8 Å². The highest BCUT2D eigenvalue weighted by Crippen LogP contribution is 2.23. The zero-order valence-electron chi connectivity index (χ0n) is 19.2. The van der Waals surface area contributed by atoms with E-state index in [4.69, 9.17) is 0 Å². The lowest BCUT2D eigenvalue weighted by Gasteiger charge is -2.31. The van der Waals surface area contributed by atoms with Gasteiger partial charge in [0.25, 0.3) is 0 Å². The average molecular weight is 447 g/mol. The fourth-order valence-corrected chi connectivity index (χ4v) is 3.17. The molecule has 1 rings (SSSR count). The zero-order valence-corrected chi connectivity index (χ0v) is 19.2. The predicted molar refractivity (Wildman–Crippen MR) is 109 cm³/mol. The molecule has 1 aliphatic heterocycles. The number of alkyl halides is 3. The van der Waals surface area contributed by atoms with E-state index in [1.54, 1.807) is 13.8 Å². The van der Waals surface area contributed by atoms with E-state index in [2.05, 4.69) is 16.6 Å². The van der Waals surface area contributed by atoms with Crippen molar-refractivity contribution in [3.05, 3.63) is 0 Å². The van der Waals surface area contributed by atoms with Crippen molar-refractivity contribution in [3.8, 4) is 11.8 Å². The van der Waals surface area contributed by atoms with E-state index < -0.39 is 36.0 Å². The molecule has 0 saturated carbocycles. The fourth-order valence-electron chi connectivity index (χ4n) is 3.17. The third kappa shape index (κ3) is 7.51. The second kappa shape index (κ2) is 10.5. The summed E-state index contributed by atoms with van der Waals surface area (Å²) in [6, 6.07) is -1.30. The van der Waals surface area contributed by atoms with Gasteiger partial charge in [-0.25, -0.2) is 9.59 Å². The van der Waals surface area contributed by atoms with Gasteiger partial charge in [0.1, 0.15) is 6.04 Å². The molecule has 1 aliphatic rings. The van der Waals surface area contributed by atoms with Crippen LogP contribution in [0.1, 0.15) is 34.1 Å². The highest BCUT2D eigenvalue weighted by atomic mass is 19.4. The molecule has 0 unspecified atom stereocenters. The quantitative estimate of drug-likeness (QED) is 0.351. The topological polar surface area (TPSA) is 70.2 Å². The van der Waals surface area contributed by atoms with Crippen LogP contribution in [-0.2, 0) is 19.1 Å². The van der Waals surface area contributed by atoms with Crippen molar-refractivity contribution in [2.75, 3.05) is 40.8 Å². The van der Waals surface area contributed by atoms with Crippen molar-refractivity contribution >= 4 is 17.8 Å². The first-order valence-corrected chi connectivity index (χ1v) is 10.1. The van der Waals surface area contributed by atoms with Gasteiger partial charge in [0.05, 0.1) is 18.0 Å². The molecule has 31 heavy (non-hydrogen) atoms. The van der Waals surface area contributed by atoms with E-state index in [1.807, 2.05) is 37.7 Å². The minimum Gasteiger partial charge on any atom is -0.385 e. The lowest BCUT2D eigenvalue weighted by Crippen LogP contribution is -2.50. The molecule has 1 heterocycles. The first-order chi connectivity index (χ1) is 14.1. The third-order valence-corrected chi connectivity index (χ3v) is 5.50. The summed E-state index contributed by atoms with van der Waals surface area (Å²) < 4.78 is 41.2. The van der Waals surface area contributed by atoms with E-state index in [1.165, 1.54) is 7.05 Å². The molecule has 0 spiro atoms.